The van der Waals surface area contributed by atoms with E-state index in [1.54, 1.807) is 23.9 Å². The van der Waals surface area contributed by atoms with Gasteiger partial charge in [-0.1, -0.05) is 36.4 Å². The van der Waals surface area contributed by atoms with Crippen LogP contribution in [0.1, 0.15) is 42.5 Å². The molecule has 4 atom stereocenters. The number of aromatic nitrogens is 3. The molecule has 2 amide bonds. The van der Waals surface area contributed by atoms with Gasteiger partial charge in [-0.05, 0) is 54.7 Å². The number of carbonyl (C=O) groups excluding carboxylic acids is 2. The zero-order valence-electron chi connectivity index (χ0n) is 19.1. The summed E-state index contributed by atoms with van der Waals surface area (Å²) in [5, 5.41) is 8.03. The minimum Gasteiger partial charge on any atom is -0.497 e. The molecular formula is C26H24FN5O3. The fourth-order valence-electron chi connectivity index (χ4n) is 5.28. The second-order valence-corrected chi connectivity index (χ2v) is 9.12. The lowest BCUT2D eigenvalue weighted by molar-refractivity contribution is -0.122. The molecule has 35 heavy (non-hydrogen) atoms. The Morgan fingerprint density at radius 3 is 2.20 bits per heavy atom. The maximum Gasteiger partial charge on any atom is 0.260 e. The highest BCUT2D eigenvalue weighted by atomic mass is 19.1. The van der Waals surface area contributed by atoms with Crippen LogP contribution in [0.15, 0.2) is 60.7 Å². The molecule has 6 rings (SSSR count). The highest BCUT2D eigenvalue weighted by Gasteiger charge is 2.50. The predicted molar refractivity (Wildman–Crippen MR) is 126 cm³/mol. The number of halogens is 1. The Hall–Kier alpha value is -4.01. The number of methoxy groups -OCH3 is 1. The molecule has 3 aromatic rings. The minimum absolute atomic E-state index is 0.0828. The monoisotopic (exact) mass is 473 g/mol. The predicted octanol–water partition coefficient (Wildman–Crippen LogP) is 4.03. The molecule has 1 aliphatic carbocycles. The van der Waals surface area contributed by atoms with Crippen molar-refractivity contribution in [2.45, 2.75) is 31.3 Å². The van der Waals surface area contributed by atoms with E-state index in [1.807, 2.05) is 36.4 Å². The first-order chi connectivity index (χ1) is 17.0. The molecule has 3 aliphatic rings. The molecule has 0 spiro atoms. The number of hydrogen-bond donors (Lipinski definition) is 1. The van der Waals surface area contributed by atoms with Gasteiger partial charge in [0, 0.05) is 0 Å². The SMILES string of the molecule is COc1ccc([C@H]2C[C@@H](c3ccc(F)cc3)n3nc(N4C(=O)[C@H]5CC=CC[C@H]5C4=O)nc3N2)cc1. The highest BCUT2D eigenvalue weighted by molar-refractivity contribution is 6.21. The van der Waals surface area contributed by atoms with E-state index in [9.17, 15) is 14.0 Å². The van der Waals surface area contributed by atoms with E-state index in [0.717, 1.165) is 21.8 Å². The summed E-state index contributed by atoms with van der Waals surface area (Å²) in [7, 11) is 1.62. The Morgan fingerprint density at radius 1 is 0.943 bits per heavy atom. The standard InChI is InChI=1S/C26H24FN5O3/c1-35-18-12-8-15(9-13-18)21-14-22(16-6-10-17(27)11-7-16)32-25(28-21)29-26(30-32)31-23(33)19-4-2-3-5-20(19)24(31)34/h2-3,6-13,19-22H,4-5,14H2,1H3,(H,28,29,30)/t19-,20+,21-,22+/m1/s1. The van der Waals surface area contributed by atoms with Gasteiger partial charge >= 0.3 is 0 Å². The second-order valence-electron chi connectivity index (χ2n) is 9.12. The van der Waals surface area contributed by atoms with Crippen molar-refractivity contribution in [1.29, 1.82) is 0 Å². The molecule has 1 fully saturated rings. The van der Waals surface area contributed by atoms with E-state index in [2.05, 4.69) is 15.4 Å². The first kappa shape index (κ1) is 21.5. The minimum atomic E-state index is -0.360. The van der Waals surface area contributed by atoms with Crippen molar-refractivity contribution in [3.63, 3.8) is 0 Å². The number of nitrogens with zero attached hydrogens (tertiary/aromatic N) is 4. The van der Waals surface area contributed by atoms with Gasteiger partial charge in [0.1, 0.15) is 11.6 Å². The maximum absolute atomic E-state index is 13.7. The van der Waals surface area contributed by atoms with Crippen LogP contribution >= 0.6 is 0 Å². The Balaban J connectivity index is 1.39. The third-order valence-corrected chi connectivity index (χ3v) is 7.16. The number of hydrogen-bond acceptors (Lipinski definition) is 6. The molecule has 1 saturated heterocycles. The average Bonchev–Trinajstić information content (AvgIpc) is 3.42. The number of carbonyl (C=O) groups is 2. The number of anilines is 2. The lowest BCUT2D eigenvalue weighted by atomic mass is 9.85. The van der Waals surface area contributed by atoms with Crippen LogP contribution in [0.2, 0.25) is 0 Å². The van der Waals surface area contributed by atoms with Gasteiger partial charge in [0.2, 0.25) is 17.8 Å². The van der Waals surface area contributed by atoms with Crippen LogP contribution in [0.4, 0.5) is 16.3 Å². The topological polar surface area (TPSA) is 89.4 Å². The molecule has 1 N–H and O–H groups in total. The molecule has 2 aromatic carbocycles. The maximum atomic E-state index is 13.7. The Labute approximate surface area is 201 Å². The Bertz CT molecular complexity index is 1290. The van der Waals surface area contributed by atoms with Gasteiger partial charge in [-0.25, -0.2) is 14.0 Å². The van der Waals surface area contributed by atoms with Gasteiger partial charge in [0.05, 0.1) is 31.0 Å². The van der Waals surface area contributed by atoms with Crippen molar-refractivity contribution in [2.75, 3.05) is 17.3 Å². The molecule has 3 heterocycles. The molecular weight excluding hydrogens is 449 g/mol. The number of amides is 2. The first-order valence-electron chi connectivity index (χ1n) is 11.7. The number of rotatable bonds is 4. The summed E-state index contributed by atoms with van der Waals surface area (Å²) in [4.78, 5) is 32.0. The van der Waals surface area contributed by atoms with E-state index >= 15 is 0 Å². The fraction of sp³-hybridized carbons (Fsp3) is 0.308. The second kappa shape index (κ2) is 8.33. The first-order valence-corrected chi connectivity index (χ1v) is 11.7. The van der Waals surface area contributed by atoms with E-state index < -0.39 is 0 Å². The number of ether oxygens (including phenoxy) is 1. The fourth-order valence-corrected chi connectivity index (χ4v) is 5.28. The Kier molecular flexibility index (Phi) is 5.12. The summed E-state index contributed by atoms with van der Waals surface area (Å²) >= 11 is 0. The summed E-state index contributed by atoms with van der Waals surface area (Å²) in [6.45, 7) is 0. The van der Waals surface area contributed by atoms with Crippen LogP contribution in [0.5, 0.6) is 5.75 Å². The smallest absolute Gasteiger partial charge is 0.260 e. The summed E-state index contributed by atoms with van der Waals surface area (Å²) in [5.41, 5.74) is 1.89. The van der Waals surface area contributed by atoms with E-state index in [0.29, 0.717) is 25.2 Å². The van der Waals surface area contributed by atoms with Crippen molar-refractivity contribution in [3.05, 3.63) is 77.6 Å². The van der Waals surface area contributed by atoms with Crippen molar-refractivity contribution < 1.29 is 18.7 Å². The molecule has 9 heteroatoms. The number of fused-ring (bicyclic) bond motifs is 2. The average molecular weight is 474 g/mol. The summed E-state index contributed by atoms with van der Waals surface area (Å²) in [6.07, 6.45) is 5.62. The van der Waals surface area contributed by atoms with Crippen molar-refractivity contribution in [3.8, 4) is 5.75 Å². The van der Waals surface area contributed by atoms with Crippen LogP contribution in [-0.4, -0.2) is 33.7 Å². The van der Waals surface area contributed by atoms with Gasteiger partial charge < -0.3 is 10.1 Å². The van der Waals surface area contributed by atoms with Crippen LogP contribution < -0.4 is 15.0 Å². The van der Waals surface area contributed by atoms with Gasteiger partial charge in [-0.15, -0.1) is 5.10 Å². The van der Waals surface area contributed by atoms with Crippen LogP contribution in [0.3, 0.4) is 0 Å². The Morgan fingerprint density at radius 2 is 1.57 bits per heavy atom. The van der Waals surface area contributed by atoms with Crippen LogP contribution in [0, 0.1) is 17.7 Å². The van der Waals surface area contributed by atoms with E-state index in [4.69, 9.17) is 4.74 Å². The molecule has 0 saturated carbocycles. The molecule has 0 bridgehead atoms. The molecule has 2 aliphatic heterocycles. The van der Waals surface area contributed by atoms with Gasteiger partial charge in [0.15, 0.2) is 0 Å². The number of imide groups is 1. The highest BCUT2D eigenvalue weighted by Crippen LogP contribution is 2.41. The third-order valence-electron chi connectivity index (χ3n) is 7.16. The van der Waals surface area contributed by atoms with E-state index in [-0.39, 0.29) is 47.5 Å². The molecule has 1 aromatic heterocycles. The van der Waals surface area contributed by atoms with Gasteiger partial charge in [-0.3, -0.25) is 9.59 Å². The van der Waals surface area contributed by atoms with Crippen molar-refractivity contribution in [1.82, 2.24) is 14.8 Å². The zero-order valence-corrected chi connectivity index (χ0v) is 19.1. The van der Waals surface area contributed by atoms with Gasteiger partial charge in [-0.2, -0.15) is 4.98 Å². The lowest BCUT2D eigenvalue weighted by Crippen LogP contribution is -2.32. The summed E-state index contributed by atoms with van der Waals surface area (Å²) in [6, 6.07) is 13.7. The largest absolute Gasteiger partial charge is 0.497 e. The molecule has 0 unspecified atom stereocenters. The molecule has 0 radical (unpaired) electrons. The number of nitrogens with one attached hydrogen (secondary N) is 1. The normalized spacial score (nSPS) is 25.3. The summed E-state index contributed by atoms with van der Waals surface area (Å²) in [5.74, 6) is -0.253. The number of allylic oxidation sites excluding steroid dienone is 2. The zero-order chi connectivity index (χ0) is 24.1. The molecule has 8 nitrogen and oxygen atoms in total. The third kappa shape index (κ3) is 3.58. The number of benzene rings is 2. The lowest BCUT2D eigenvalue weighted by Gasteiger charge is -2.31. The van der Waals surface area contributed by atoms with E-state index in [1.165, 1.54) is 12.1 Å². The quantitative estimate of drug-likeness (QED) is 0.455. The van der Waals surface area contributed by atoms with Crippen molar-refractivity contribution >= 4 is 23.7 Å². The van der Waals surface area contributed by atoms with Crippen LogP contribution in [0.25, 0.3) is 0 Å². The molecule has 178 valence electrons. The summed E-state index contributed by atoms with van der Waals surface area (Å²) < 4.78 is 20.6. The van der Waals surface area contributed by atoms with Crippen molar-refractivity contribution in [2.24, 2.45) is 11.8 Å². The van der Waals surface area contributed by atoms with Crippen LogP contribution in [-0.2, 0) is 9.59 Å². The van der Waals surface area contributed by atoms with Gasteiger partial charge in [0.25, 0.3) is 5.95 Å².